The number of carbonyl (C=O) groups excluding carboxylic acids is 3. The van der Waals surface area contributed by atoms with E-state index < -0.39 is 0 Å². The summed E-state index contributed by atoms with van der Waals surface area (Å²) < 4.78 is 2.04. The minimum absolute atomic E-state index is 0.0279. The highest BCUT2D eigenvalue weighted by atomic mass is 79.9. The van der Waals surface area contributed by atoms with Crippen molar-refractivity contribution in [3.63, 3.8) is 0 Å². The number of carbonyl (C=O) groups is 3. The van der Waals surface area contributed by atoms with Gasteiger partial charge in [-0.05, 0) is 114 Å². The quantitative estimate of drug-likeness (QED) is 0.258. The maximum atomic E-state index is 13.4. The molecule has 2 aliphatic heterocycles. The highest BCUT2D eigenvalue weighted by molar-refractivity contribution is 9.10. The summed E-state index contributed by atoms with van der Waals surface area (Å²) in [5.41, 5.74) is 5.01. The molecular weight excluding hydrogens is 720 g/mol. The van der Waals surface area contributed by atoms with Gasteiger partial charge in [-0.3, -0.25) is 19.4 Å². The van der Waals surface area contributed by atoms with Gasteiger partial charge in [-0.2, -0.15) is 0 Å². The molecule has 2 atom stereocenters. The molecule has 3 amide bonds. The van der Waals surface area contributed by atoms with Crippen LogP contribution in [0.25, 0.3) is 0 Å². The monoisotopic (exact) mass is 762 g/mol. The number of hydrogen-bond acceptors (Lipinski definition) is 4. The van der Waals surface area contributed by atoms with Crippen LogP contribution in [0.2, 0.25) is 5.02 Å². The number of rotatable bonds is 11. The summed E-state index contributed by atoms with van der Waals surface area (Å²) in [6.45, 7) is 5.68. The number of benzene rings is 1. The fourth-order valence-corrected chi connectivity index (χ4v) is 8.87. The Balaban J connectivity index is 1.11. The van der Waals surface area contributed by atoms with Gasteiger partial charge in [0.05, 0.1) is 5.69 Å². The van der Waals surface area contributed by atoms with Crippen LogP contribution >= 0.6 is 43.5 Å². The lowest BCUT2D eigenvalue weighted by Crippen LogP contribution is -2.41. The first-order valence-electron chi connectivity index (χ1n) is 16.7. The molecule has 0 bridgehead atoms. The van der Waals surface area contributed by atoms with Crippen LogP contribution < -0.4 is 5.32 Å². The third-order valence-corrected chi connectivity index (χ3v) is 11.3. The number of hydrogen-bond donors (Lipinski definition) is 1. The van der Waals surface area contributed by atoms with Crippen LogP contribution in [0, 0.1) is 11.8 Å². The molecule has 3 heterocycles. The maximum absolute atomic E-state index is 13.4. The van der Waals surface area contributed by atoms with Crippen molar-refractivity contribution in [3.05, 3.63) is 60.7 Å². The first-order chi connectivity index (χ1) is 21.7. The lowest BCUT2D eigenvalue weighted by molar-refractivity contribution is -0.134. The number of amides is 3. The van der Waals surface area contributed by atoms with Gasteiger partial charge in [-0.1, -0.05) is 40.9 Å². The van der Waals surface area contributed by atoms with E-state index in [2.05, 4.69) is 56.2 Å². The minimum atomic E-state index is 0.0279. The van der Waals surface area contributed by atoms with Crippen LogP contribution in [0.15, 0.2) is 33.3 Å². The Morgan fingerprint density at radius 3 is 2.60 bits per heavy atom. The van der Waals surface area contributed by atoms with E-state index in [1.165, 1.54) is 16.7 Å². The second-order valence-corrected chi connectivity index (χ2v) is 15.1. The molecule has 45 heavy (non-hydrogen) atoms. The van der Waals surface area contributed by atoms with Crippen molar-refractivity contribution in [1.29, 1.82) is 0 Å². The van der Waals surface area contributed by atoms with Crippen LogP contribution in [0.5, 0.6) is 0 Å². The summed E-state index contributed by atoms with van der Waals surface area (Å²) in [5, 5.41) is 3.78. The molecule has 0 saturated carbocycles. The fourth-order valence-electron chi connectivity index (χ4n) is 7.37. The molecule has 244 valence electrons. The van der Waals surface area contributed by atoms with E-state index in [-0.39, 0.29) is 29.6 Å². The SMILES string of the molecule is CCC(CCNC(=O)CCCN1CCCCC1=O)CC(=O)N1CCC([C@H]2c3ncc(Br)cc3CCc3cc(Cl)cc(Br)c32)CC1. The number of nitrogens with zero attached hydrogens (tertiary/aromatic N) is 3. The number of halogens is 3. The molecule has 2 aromatic rings. The van der Waals surface area contributed by atoms with E-state index >= 15 is 0 Å². The van der Waals surface area contributed by atoms with Crippen LogP contribution in [-0.2, 0) is 27.2 Å². The Bertz CT molecular complexity index is 1380. The smallest absolute Gasteiger partial charge is 0.222 e. The molecule has 0 spiro atoms. The molecular formula is C35H45Br2ClN4O3. The Hall–Kier alpha value is -1.97. The minimum Gasteiger partial charge on any atom is -0.356 e. The number of piperidine rings is 2. The molecule has 5 rings (SSSR count). The molecule has 1 N–H and O–H groups in total. The van der Waals surface area contributed by atoms with Crippen LogP contribution in [0.4, 0.5) is 0 Å². The number of aromatic nitrogens is 1. The van der Waals surface area contributed by atoms with Gasteiger partial charge in [-0.25, -0.2) is 0 Å². The molecule has 10 heteroatoms. The molecule has 2 saturated heterocycles. The summed E-state index contributed by atoms with van der Waals surface area (Å²) >= 11 is 13.9. The Morgan fingerprint density at radius 1 is 1.07 bits per heavy atom. The topological polar surface area (TPSA) is 82.6 Å². The van der Waals surface area contributed by atoms with Gasteiger partial charge in [0.1, 0.15) is 0 Å². The van der Waals surface area contributed by atoms with Crippen molar-refractivity contribution in [2.24, 2.45) is 11.8 Å². The van der Waals surface area contributed by atoms with Crippen molar-refractivity contribution in [2.75, 3.05) is 32.7 Å². The van der Waals surface area contributed by atoms with Gasteiger partial charge in [0.25, 0.3) is 0 Å². The highest BCUT2D eigenvalue weighted by Gasteiger charge is 2.36. The number of likely N-dealkylation sites (tertiary alicyclic amines) is 2. The standard InChI is InChI=1S/C35H45Br2ClN4O3/c1-2-23(10-13-39-30(43)6-5-15-41-14-4-3-7-31(41)44)18-32(45)42-16-11-24(12-17-42)34-33-25(20-28(38)21-29(33)37)8-9-26-19-27(36)22-40-35(26)34/h19-24,34H,2-18H2,1H3,(H,39,43)/t23?,34-/m1/s1. The molecule has 7 nitrogen and oxygen atoms in total. The van der Waals surface area contributed by atoms with Crippen LogP contribution in [0.1, 0.15) is 99.4 Å². The normalized spacial score (nSPS) is 19.5. The first kappa shape index (κ1) is 34.4. The zero-order valence-electron chi connectivity index (χ0n) is 26.3. The van der Waals surface area contributed by atoms with Crippen molar-refractivity contribution < 1.29 is 14.4 Å². The van der Waals surface area contributed by atoms with Gasteiger partial charge in [0.15, 0.2) is 0 Å². The lowest BCUT2D eigenvalue weighted by atomic mass is 9.76. The van der Waals surface area contributed by atoms with E-state index in [9.17, 15) is 14.4 Å². The van der Waals surface area contributed by atoms with Gasteiger partial charge < -0.3 is 15.1 Å². The van der Waals surface area contributed by atoms with Crippen molar-refractivity contribution in [1.82, 2.24) is 20.1 Å². The van der Waals surface area contributed by atoms with Crippen molar-refractivity contribution in [2.45, 2.75) is 89.9 Å². The Morgan fingerprint density at radius 2 is 1.84 bits per heavy atom. The average Bonchev–Trinajstić information content (AvgIpc) is 3.18. The Labute approximate surface area is 289 Å². The molecule has 0 radical (unpaired) electrons. The number of aryl methyl sites for hydroxylation is 2. The predicted octanol–water partition coefficient (Wildman–Crippen LogP) is 7.44. The number of nitrogens with one attached hydrogen (secondary N) is 1. The summed E-state index contributed by atoms with van der Waals surface area (Å²) in [4.78, 5) is 46.7. The number of fused-ring (bicyclic) bond motifs is 2. The summed E-state index contributed by atoms with van der Waals surface area (Å²) in [6.07, 6.45) is 11.6. The molecule has 2 fully saturated rings. The highest BCUT2D eigenvalue weighted by Crippen LogP contribution is 2.46. The van der Waals surface area contributed by atoms with E-state index in [4.69, 9.17) is 16.6 Å². The van der Waals surface area contributed by atoms with E-state index in [1.807, 2.05) is 22.1 Å². The zero-order valence-corrected chi connectivity index (χ0v) is 30.2. The molecule has 3 aliphatic rings. The second kappa shape index (κ2) is 16.2. The van der Waals surface area contributed by atoms with E-state index in [1.54, 1.807) is 0 Å². The lowest BCUT2D eigenvalue weighted by Gasteiger charge is -2.37. The van der Waals surface area contributed by atoms with Gasteiger partial charge >= 0.3 is 0 Å². The summed E-state index contributed by atoms with van der Waals surface area (Å²) in [6, 6.07) is 6.32. The maximum Gasteiger partial charge on any atom is 0.222 e. The van der Waals surface area contributed by atoms with Gasteiger partial charge in [-0.15, -0.1) is 0 Å². The summed E-state index contributed by atoms with van der Waals surface area (Å²) in [7, 11) is 0. The third-order valence-electron chi connectivity index (χ3n) is 9.95. The Kier molecular flexibility index (Phi) is 12.4. The fraction of sp³-hybridized carbons (Fsp3) is 0.600. The second-order valence-electron chi connectivity index (χ2n) is 12.9. The molecule has 1 aromatic carbocycles. The number of pyridine rings is 1. The van der Waals surface area contributed by atoms with Crippen LogP contribution in [0.3, 0.4) is 0 Å². The predicted molar refractivity (Wildman–Crippen MR) is 185 cm³/mol. The van der Waals surface area contributed by atoms with Crippen molar-refractivity contribution >= 4 is 61.2 Å². The van der Waals surface area contributed by atoms with Crippen molar-refractivity contribution in [3.8, 4) is 0 Å². The largest absolute Gasteiger partial charge is 0.356 e. The van der Waals surface area contributed by atoms with E-state index in [0.717, 1.165) is 90.7 Å². The van der Waals surface area contributed by atoms with Gasteiger partial charge in [0, 0.05) is 78.1 Å². The molecule has 1 unspecified atom stereocenters. The third kappa shape index (κ3) is 8.89. The van der Waals surface area contributed by atoms with Crippen LogP contribution in [-0.4, -0.2) is 65.2 Å². The first-order valence-corrected chi connectivity index (χ1v) is 18.6. The van der Waals surface area contributed by atoms with E-state index in [0.29, 0.717) is 44.7 Å². The molecule has 1 aromatic heterocycles. The zero-order chi connectivity index (χ0) is 31.9. The summed E-state index contributed by atoms with van der Waals surface area (Å²) in [5.74, 6) is 1.23. The molecule has 1 aliphatic carbocycles. The average molecular weight is 765 g/mol. The van der Waals surface area contributed by atoms with Gasteiger partial charge in [0.2, 0.25) is 17.7 Å².